The van der Waals surface area contributed by atoms with Crippen LogP contribution in [0.5, 0.6) is 0 Å². The predicted molar refractivity (Wildman–Crippen MR) is 86.7 cm³/mol. The Balaban J connectivity index is 1.72. The molecule has 2 rings (SSSR count). The normalized spacial score (nSPS) is 18.5. The first kappa shape index (κ1) is 17.0. The van der Waals surface area contributed by atoms with E-state index in [1.54, 1.807) is 0 Å². The summed E-state index contributed by atoms with van der Waals surface area (Å²) in [5.74, 6) is -1.05. The number of nitrogens with zero attached hydrogens (tertiary/aromatic N) is 1. The quantitative estimate of drug-likeness (QED) is 0.841. The van der Waals surface area contributed by atoms with Crippen molar-refractivity contribution >= 4 is 5.97 Å². The molecule has 1 aliphatic rings. The molecule has 0 spiro atoms. The van der Waals surface area contributed by atoms with Crippen LogP contribution >= 0.6 is 0 Å². The summed E-state index contributed by atoms with van der Waals surface area (Å²) in [6.07, 6.45) is 2.17. The number of ether oxygens (including phenoxy) is 1. The lowest BCUT2D eigenvalue weighted by molar-refractivity contribution is -0.147. The minimum atomic E-state index is -0.753. The fraction of sp³-hybridized carbons (Fsp3) is 0.611. The molecule has 0 saturated carbocycles. The lowest BCUT2D eigenvalue weighted by Crippen LogP contribution is -2.38. The lowest BCUT2D eigenvalue weighted by Gasteiger charge is -2.32. The minimum absolute atomic E-state index is 0.107. The Morgan fingerprint density at radius 1 is 1.27 bits per heavy atom. The minimum Gasteiger partial charge on any atom is -0.481 e. The molecule has 1 aromatic carbocycles. The first-order chi connectivity index (χ1) is 10.6. The fourth-order valence-corrected chi connectivity index (χ4v) is 2.86. The van der Waals surface area contributed by atoms with Gasteiger partial charge in [0.2, 0.25) is 0 Å². The van der Waals surface area contributed by atoms with Gasteiger partial charge in [-0.3, -0.25) is 9.69 Å². The highest BCUT2D eigenvalue weighted by Crippen LogP contribution is 2.19. The SMILES string of the molecule is CC(C)C(COC1CCN(Cc2ccccc2)CC1)C(=O)O. The van der Waals surface area contributed by atoms with Gasteiger partial charge >= 0.3 is 5.97 Å². The highest BCUT2D eigenvalue weighted by atomic mass is 16.5. The van der Waals surface area contributed by atoms with Gasteiger partial charge in [-0.1, -0.05) is 44.2 Å². The fourth-order valence-electron chi connectivity index (χ4n) is 2.86. The molecule has 1 saturated heterocycles. The van der Waals surface area contributed by atoms with Crippen LogP contribution in [0, 0.1) is 11.8 Å². The van der Waals surface area contributed by atoms with Gasteiger partial charge in [0.15, 0.2) is 0 Å². The van der Waals surface area contributed by atoms with Crippen molar-refractivity contribution in [2.45, 2.75) is 39.3 Å². The number of carboxylic acids is 1. The summed E-state index contributed by atoms with van der Waals surface area (Å²) < 4.78 is 5.86. The summed E-state index contributed by atoms with van der Waals surface area (Å²) in [5.41, 5.74) is 1.34. The number of piperidine rings is 1. The molecular formula is C18H27NO3. The maximum atomic E-state index is 11.2. The van der Waals surface area contributed by atoms with Gasteiger partial charge in [-0.05, 0) is 24.3 Å². The average molecular weight is 305 g/mol. The van der Waals surface area contributed by atoms with Crippen LogP contribution in [-0.2, 0) is 16.1 Å². The van der Waals surface area contributed by atoms with Crippen LogP contribution < -0.4 is 0 Å². The molecule has 4 nitrogen and oxygen atoms in total. The molecule has 1 aliphatic heterocycles. The largest absolute Gasteiger partial charge is 0.481 e. The number of rotatable bonds is 7. The van der Waals surface area contributed by atoms with E-state index in [9.17, 15) is 9.90 Å². The maximum Gasteiger partial charge on any atom is 0.309 e. The second kappa shape index (κ2) is 8.30. The number of carboxylic acid groups (broad SMARTS) is 1. The third kappa shape index (κ3) is 5.11. The van der Waals surface area contributed by atoms with Crippen LogP contribution in [-0.4, -0.2) is 41.8 Å². The van der Waals surface area contributed by atoms with Gasteiger partial charge in [-0.25, -0.2) is 0 Å². The Morgan fingerprint density at radius 2 is 1.91 bits per heavy atom. The summed E-state index contributed by atoms with van der Waals surface area (Å²) in [5, 5.41) is 9.19. The molecule has 0 amide bonds. The Labute approximate surface area is 133 Å². The second-order valence-electron chi connectivity index (χ2n) is 6.48. The van der Waals surface area contributed by atoms with E-state index < -0.39 is 11.9 Å². The van der Waals surface area contributed by atoms with E-state index in [-0.39, 0.29) is 12.0 Å². The van der Waals surface area contributed by atoms with Gasteiger partial charge in [0, 0.05) is 19.6 Å². The Kier molecular flexibility index (Phi) is 6.40. The van der Waals surface area contributed by atoms with Gasteiger partial charge in [-0.15, -0.1) is 0 Å². The predicted octanol–water partition coefficient (Wildman–Crippen LogP) is 3.02. The summed E-state index contributed by atoms with van der Waals surface area (Å²) in [4.78, 5) is 13.6. The van der Waals surface area contributed by atoms with E-state index in [1.165, 1.54) is 5.56 Å². The Morgan fingerprint density at radius 3 is 2.45 bits per heavy atom. The average Bonchev–Trinajstić information content (AvgIpc) is 2.49. The molecule has 1 aromatic rings. The number of likely N-dealkylation sites (tertiary alicyclic amines) is 1. The van der Waals surface area contributed by atoms with Gasteiger partial charge in [0.1, 0.15) is 0 Å². The molecular weight excluding hydrogens is 278 g/mol. The van der Waals surface area contributed by atoms with Gasteiger partial charge in [0.25, 0.3) is 0 Å². The van der Waals surface area contributed by atoms with Crippen molar-refractivity contribution in [2.24, 2.45) is 11.8 Å². The highest BCUT2D eigenvalue weighted by molar-refractivity contribution is 5.70. The van der Waals surface area contributed by atoms with E-state index >= 15 is 0 Å². The van der Waals surface area contributed by atoms with Crippen molar-refractivity contribution in [3.63, 3.8) is 0 Å². The molecule has 1 fully saturated rings. The molecule has 0 aliphatic carbocycles. The van der Waals surface area contributed by atoms with Gasteiger partial charge < -0.3 is 9.84 Å². The molecule has 1 unspecified atom stereocenters. The molecule has 22 heavy (non-hydrogen) atoms. The monoisotopic (exact) mass is 305 g/mol. The van der Waals surface area contributed by atoms with Crippen molar-refractivity contribution < 1.29 is 14.6 Å². The van der Waals surface area contributed by atoms with Crippen LogP contribution in [0.2, 0.25) is 0 Å². The number of benzene rings is 1. The number of aliphatic carboxylic acids is 1. The second-order valence-corrected chi connectivity index (χ2v) is 6.48. The number of carbonyl (C=O) groups is 1. The first-order valence-corrected chi connectivity index (χ1v) is 8.17. The third-order valence-electron chi connectivity index (χ3n) is 4.42. The standard InChI is InChI=1S/C18H27NO3/c1-14(2)17(18(20)21)13-22-16-8-10-19(11-9-16)12-15-6-4-3-5-7-15/h3-7,14,16-17H,8-13H2,1-2H3,(H,20,21). The molecule has 0 bridgehead atoms. The van der Waals surface area contributed by atoms with Crippen molar-refractivity contribution in [1.29, 1.82) is 0 Å². The Bertz CT molecular complexity index is 453. The summed E-state index contributed by atoms with van der Waals surface area (Å²) in [7, 11) is 0. The highest BCUT2D eigenvalue weighted by Gasteiger charge is 2.25. The third-order valence-corrected chi connectivity index (χ3v) is 4.42. The molecule has 0 radical (unpaired) electrons. The summed E-state index contributed by atoms with van der Waals surface area (Å²) in [6, 6.07) is 10.5. The zero-order valence-corrected chi connectivity index (χ0v) is 13.6. The lowest BCUT2D eigenvalue weighted by atomic mass is 9.97. The van der Waals surface area contributed by atoms with Crippen molar-refractivity contribution in [2.75, 3.05) is 19.7 Å². The van der Waals surface area contributed by atoms with Crippen LogP contribution in [0.4, 0.5) is 0 Å². The first-order valence-electron chi connectivity index (χ1n) is 8.17. The number of hydrogen-bond donors (Lipinski definition) is 1. The Hall–Kier alpha value is -1.39. The van der Waals surface area contributed by atoms with E-state index in [0.717, 1.165) is 32.5 Å². The topological polar surface area (TPSA) is 49.8 Å². The smallest absolute Gasteiger partial charge is 0.309 e. The number of hydrogen-bond acceptors (Lipinski definition) is 3. The van der Waals surface area contributed by atoms with Crippen LogP contribution in [0.25, 0.3) is 0 Å². The van der Waals surface area contributed by atoms with Crippen molar-refractivity contribution in [3.05, 3.63) is 35.9 Å². The molecule has 1 atom stereocenters. The molecule has 1 N–H and O–H groups in total. The van der Waals surface area contributed by atoms with Crippen LogP contribution in [0.15, 0.2) is 30.3 Å². The van der Waals surface area contributed by atoms with E-state index in [1.807, 2.05) is 19.9 Å². The maximum absolute atomic E-state index is 11.2. The zero-order chi connectivity index (χ0) is 15.9. The molecule has 122 valence electrons. The summed E-state index contributed by atoms with van der Waals surface area (Å²) >= 11 is 0. The van der Waals surface area contributed by atoms with E-state index in [0.29, 0.717) is 6.61 Å². The van der Waals surface area contributed by atoms with E-state index in [4.69, 9.17) is 4.74 Å². The summed E-state index contributed by atoms with van der Waals surface area (Å²) in [6.45, 7) is 7.21. The van der Waals surface area contributed by atoms with Crippen LogP contribution in [0.3, 0.4) is 0 Å². The van der Waals surface area contributed by atoms with Crippen molar-refractivity contribution in [3.8, 4) is 0 Å². The van der Waals surface area contributed by atoms with Crippen LogP contribution in [0.1, 0.15) is 32.3 Å². The van der Waals surface area contributed by atoms with E-state index in [2.05, 4.69) is 29.2 Å². The van der Waals surface area contributed by atoms with Gasteiger partial charge in [-0.2, -0.15) is 0 Å². The molecule has 0 aromatic heterocycles. The molecule has 1 heterocycles. The molecule has 4 heteroatoms. The zero-order valence-electron chi connectivity index (χ0n) is 13.6. The van der Waals surface area contributed by atoms with Crippen molar-refractivity contribution in [1.82, 2.24) is 4.90 Å². The van der Waals surface area contributed by atoms with Gasteiger partial charge in [0.05, 0.1) is 18.6 Å².